The number of nitrogens with zero attached hydrogens (tertiary/aromatic N) is 1. The SMILES string of the molecule is CC(C)CN(CCl)S(=O)(=O)O.Cl. The van der Waals surface area contributed by atoms with Crippen LogP contribution in [0.5, 0.6) is 0 Å². The summed E-state index contributed by atoms with van der Waals surface area (Å²) < 4.78 is 30.3. The third kappa shape index (κ3) is 6.02. The molecule has 12 heavy (non-hydrogen) atoms. The first-order valence-corrected chi connectivity index (χ1v) is 5.09. The van der Waals surface area contributed by atoms with Crippen LogP contribution < -0.4 is 0 Å². The fraction of sp³-hybridized carbons (Fsp3) is 1.00. The summed E-state index contributed by atoms with van der Waals surface area (Å²) in [6.45, 7) is 3.91. The van der Waals surface area contributed by atoms with Crippen molar-refractivity contribution in [3.8, 4) is 0 Å². The van der Waals surface area contributed by atoms with Crippen LogP contribution in [0.1, 0.15) is 13.8 Å². The van der Waals surface area contributed by atoms with Gasteiger partial charge in [-0.15, -0.1) is 24.0 Å². The van der Waals surface area contributed by atoms with Crippen LogP contribution in [0.3, 0.4) is 0 Å². The molecule has 0 aromatic carbocycles. The summed E-state index contributed by atoms with van der Waals surface area (Å²) in [6.07, 6.45) is 0. The second kappa shape index (κ2) is 5.99. The number of alkyl halides is 1. The predicted molar refractivity (Wildman–Crippen MR) is 51.1 cm³/mol. The third-order valence-corrected chi connectivity index (χ3v) is 2.39. The van der Waals surface area contributed by atoms with Gasteiger partial charge in [-0.3, -0.25) is 4.55 Å². The topological polar surface area (TPSA) is 57.6 Å². The summed E-state index contributed by atoms with van der Waals surface area (Å²) >= 11 is 5.28. The van der Waals surface area contributed by atoms with Crippen molar-refractivity contribution >= 4 is 34.3 Å². The van der Waals surface area contributed by atoms with Crippen LogP contribution >= 0.6 is 24.0 Å². The molecule has 0 rings (SSSR count). The van der Waals surface area contributed by atoms with Gasteiger partial charge in [0.05, 0.1) is 6.00 Å². The smallest absolute Gasteiger partial charge is 0.273 e. The van der Waals surface area contributed by atoms with Crippen molar-refractivity contribution in [1.82, 2.24) is 4.31 Å². The highest BCUT2D eigenvalue weighted by molar-refractivity contribution is 7.83. The van der Waals surface area contributed by atoms with Gasteiger partial charge >= 0.3 is 10.3 Å². The zero-order valence-electron chi connectivity index (χ0n) is 6.90. The molecule has 0 bridgehead atoms. The van der Waals surface area contributed by atoms with Crippen LogP contribution in [0, 0.1) is 5.92 Å². The van der Waals surface area contributed by atoms with Crippen LogP contribution in [-0.4, -0.2) is 29.8 Å². The molecule has 0 aliphatic rings. The Kier molecular flexibility index (Phi) is 7.46. The van der Waals surface area contributed by atoms with Gasteiger partial charge in [-0.25, -0.2) is 0 Å². The van der Waals surface area contributed by atoms with Gasteiger partial charge in [0.15, 0.2) is 0 Å². The monoisotopic (exact) mass is 237 g/mol. The lowest BCUT2D eigenvalue weighted by Crippen LogP contribution is -2.32. The van der Waals surface area contributed by atoms with E-state index in [-0.39, 0.29) is 30.9 Å². The molecule has 0 aromatic heterocycles. The molecule has 0 spiro atoms. The highest BCUT2D eigenvalue weighted by Gasteiger charge is 2.17. The summed E-state index contributed by atoms with van der Waals surface area (Å²) in [5.74, 6) is 0.149. The van der Waals surface area contributed by atoms with E-state index in [1.54, 1.807) is 0 Å². The van der Waals surface area contributed by atoms with Crippen molar-refractivity contribution in [2.45, 2.75) is 13.8 Å². The van der Waals surface area contributed by atoms with Gasteiger partial charge in [0.2, 0.25) is 0 Å². The van der Waals surface area contributed by atoms with E-state index in [4.69, 9.17) is 16.2 Å². The van der Waals surface area contributed by atoms with Crippen LogP contribution in [0.2, 0.25) is 0 Å². The van der Waals surface area contributed by atoms with Crippen molar-refractivity contribution in [3.05, 3.63) is 0 Å². The van der Waals surface area contributed by atoms with Crippen LogP contribution in [-0.2, 0) is 10.3 Å². The van der Waals surface area contributed by atoms with Gasteiger partial charge in [-0.05, 0) is 5.92 Å². The minimum Gasteiger partial charge on any atom is -0.273 e. The molecule has 1 N–H and O–H groups in total. The van der Waals surface area contributed by atoms with E-state index in [0.717, 1.165) is 4.31 Å². The maximum absolute atomic E-state index is 10.5. The number of rotatable bonds is 4. The Labute approximate surface area is 84.2 Å². The van der Waals surface area contributed by atoms with Crippen LogP contribution in [0.25, 0.3) is 0 Å². The maximum atomic E-state index is 10.5. The van der Waals surface area contributed by atoms with E-state index in [1.165, 1.54) is 0 Å². The Balaban J connectivity index is 0. The molecule has 0 saturated heterocycles. The van der Waals surface area contributed by atoms with E-state index in [0.29, 0.717) is 0 Å². The van der Waals surface area contributed by atoms with Crippen molar-refractivity contribution in [1.29, 1.82) is 0 Å². The lowest BCUT2D eigenvalue weighted by Gasteiger charge is -2.16. The Morgan fingerprint density at radius 1 is 1.50 bits per heavy atom. The fourth-order valence-electron chi connectivity index (χ4n) is 0.612. The normalized spacial score (nSPS) is 11.8. The maximum Gasteiger partial charge on any atom is 0.337 e. The molecule has 76 valence electrons. The van der Waals surface area contributed by atoms with E-state index in [1.807, 2.05) is 13.8 Å². The van der Waals surface area contributed by atoms with Crippen molar-refractivity contribution in [2.24, 2.45) is 5.92 Å². The van der Waals surface area contributed by atoms with Gasteiger partial charge in [-0.2, -0.15) is 12.7 Å². The van der Waals surface area contributed by atoms with Gasteiger partial charge in [0.1, 0.15) is 0 Å². The van der Waals surface area contributed by atoms with Crippen molar-refractivity contribution < 1.29 is 13.0 Å². The Morgan fingerprint density at radius 3 is 2.00 bits per heavy atom. The summed E-state index contributed by atoms with van der Waals surface area (Å²) in [4.78, 5) is 0. The Morgan fingerprint density at radius 2 is 1.92 bits per heavy atom. The standard InChI is InChI=1S/C5H12ClNO3S.ClH/c1-5(2)3-7(4-6)11(8,9)10;/h5H,3-4H2,1-2H3,(H,8,9,10);1H. The van der Waals surface area contributed by atoms with Gasteiger partial charge in [-0.1, -0.05) is 13.8 Å². The average Bonchev–Trinajstić information content (AvgIpc) is 1.79. The molecular weight excluding hydrogens is 225 g/mol. The minimum absolute atomic E-state index is 0. The average molecular weight is 238 g/mol. The third-order valence-electron chi connectivity index (χ3n) is 1.03. The summed E-state index contributed by atoms with van der Waals surface area (Å²) in [7, 11) is -4.11. The summed E-state index contributed by atoms with van der Waals surface area (Å²) in [6, 6.07) is -0.211. The first kappa shape index (κ1) is 14.9. The summed E-state index contributed by atoms with van der Waals surface area (Å²) in [5.41, 5.74) is 0. The van der Waals surface area contributed by atoms with E-state index in [2.05, 4.69) is 0 Å². The lowest BCUT2D eigenvalue weighted by atomic mass is 10.2. The molecule has 0 heterocycles. The lowest BCUT2D eigenvalue weighted by molar-refractivity contribution is 0.351. The fourth-order valence-corrected chi connectivity index (χ4v) is 1.69. The molecule has 0 saturated carbocycles. The minimum atomic E-state index is -4.11. The number of hydrogen-bond acceptors (Lipinski definition) is 2. The zero-order chi connectivity index (χ0) is 9.07. The molecule has 4 nitrogen and oxygen atoms in total. The van der Waals surface area contributed by atoms with E-state index < -0.39 is 10.3 Å². The van der Waals surface area contributed by atoms with Gasteiger partial charge < -0.3 is 0 Å². The molecule has 0 fully saturated rings. The highest BCUT2D eigenvalue weighted by atomic mass is 35.5. The predicted octanol–water partition coefficient (Wildman–Crippen LogP) is 1.37. The van der Waals surface area contributed by atoms with Gasteiger partial charge in [0, 0.05) is 6.54 Å². The molecule has 0 amide bonds. The Bertz CT molecular complexity index is 205. The zero-order valence-corrected chi connectivity index (χ0v) is 9.29. The second-order valence-electron chi connectivity index (χ2n) is 2.63. The first-order valence-electron chi connectivity index (χ1n) is 3.16. The quantitative estimate of drug-likeness (QED) is 0.457. The molecule has 0 aliphatic heterocycles. The molecule has 0 aromatic rings. The highest BCUT2D eigenvalue weighted by Crippen LogP contribution is 2.04. The summed E-state index contributed by atoms with van der Waals surface area (Å²) in [5, 5.41) is 0. The number of halogens is 2. The molecular formula is C5H13Cl2NO3S. The largest absolute Gasteiger partial charge is 0.337 e. The number of hydrogen-bond donors (Lipinski definition) is 1. The molecule has 0 radical (unpaired) electrons. The van der Waals surface area contributed by atoms with E-state index >= 15 is 0 Å². The van der Waals surface area contributed by atoms with Crippen LogP contribution in [0.15, 0.2) is 0 Å². The van der Waals surface area contributed by atoms with Crippen molar-refractivity contribution in [2.75, 3.05) is 12.5 Å². The second-order valence-corrected chi connectivity index (χ2v) is 4.28. The Hall–Kier alpha value is 0.450. The first-order chi connectivity index (χ1) is 4.88. The van der Waals surface area contributed by atoms with Gasteiger partial charge in [0.25, 0.3) is 0 Å². The van der Waals surface area contributed by atoms with Crippen LogP contribution in [0.4, 0.5) is 0 Å². The van der Waals surface area contributed by atoms with Crippen molar-refractivity contribution in [3.63, 3.8) is 0 Å². The molecule has 7 heteroatoms. The van der Waals surface area contributed by atoms with E-state index in [9.17, 15) is 8.42 Å². The molecule has 0 atom stereocenters. The molecule has 0 aliphatic carbocycles. The molecule has 0 unspecified atom stereocenters.